The van der Waals surface area contributed by atoms with Crippen molar-refractivity contribution in [2.75, 3.05) is 0 Å². The maximum atomic E-state index is 14.2. The zero-order valence-electron chi connectivity index (χ0n) is 13.5. The van der Waals surface area contributed by atoms with E-state index in [2.05, 4.69) is 0 Å². The zero-order chi connectivity index (χ0) is 18.4. The van der Waals surface area contributed by atoms with E-state index < -0.39 is 17.5 Å². The second-order valence-electron chi connectivity index (χ2n) is 6.02. The maximum Gasteiger partial charge on any atom is 0.249 e. The van der Waals surface area contributed by atoms with E-state index in [1.165, 1.54) is 12.1 Å². The maximum absolute atomic E-state index is 14.2. The Hall–Kier alpha value is -2.92. The minimum Gasteiger partial charge on any atom is -0.366 e. The zero-order valence-corrected chi connectivity index (χ0v) is 14.2. The second-order valence-corrected chi connectivity index (χ2v) is 6.46. The van der Waals surface area contributed by atoms with E-state index in [9.17, 15) is 13.6 Å². The second kappa shape index (κ2) is 6.11. The Morgan fingerprint density at radius 2 is 1.81 bits per heavy atom. The highest BCUT2D eigenvalue weighted by Crippen LogP contribution is 2.34. The third kappa shape index (κ3) is 2.52. The predicted octanol–water partition coefficient (Wildman–Crippen LogP) is 4.87. The number of hydrogen-bond acceptors (Lipinski definition) is 1. The number of halogens is 3. The Labute approximate surface area is 152 Å². The number of hydrogen-bond donors (Lipinski definition) is 1. The number of nitrogens with zero attached hydrogens (tertiary/aromatic N) is 1. The number of aromatic nitrogens is 1. The van der Waals surface area contributed by atoms with Crippen molar-refractivity contribution in [1.29, 1.82) is 0 Å². The molecular formula is C20H13ClF2N2O. The molecule has 0 aliphatic carbocycles. The molecule has 0 atom stereocenters. The fraction of sp³-hybridized carbons (Fsp3) is 0.0500. The molecule has 2 N–H and O–H groups in total. The van der Waals surface area contributed by atoms with E-state index in [4.69, 9.17) is 17.3 Å². The first-order valence-corrected chi connectivity index (χ1v) is 8.28. The fourth-order valence-electron chi connectivity index (χ4n) is 3.33. The summed E-state index contributed by atoms with van der Waals surface area (Å²) in [7, 11) is 0. The molecule has 0 bridgehead atoms. The van der Waals surface area contributed by atoms with Crippen LogP contribution in [0.15, 0.2) is 54.6 Å². The molecule has 0 unspecified atom stereocenters. The first kappa shape index (κ1) is 16.5. The molecule has 4 aromatic rings. The number of carbonyl (C=O) groups excluding carboxylic acids is 1. The normalized spacial score (nSPS) is 11.3. The molecule has 1 aromatic heterocycles. The van der Waals surface area contributed by atoms with Crippen molar-refractivity contribution in [3.63, 3.8) is 0 Å². The molecule has 0 fully saturated rings. The van der Waals surface area contributed by atoms with Crippen molar-refractivity contribution in [2.45, 2.75) is 6.54 Å². The van der Waals surface area contributed by atoms with Crippen LogP contribution in [0, 0.1) is 11.6 Å². The van der Waals surface area contributed by atoms with Gasteiger partial charge in [0.1, 0.15) is 0 Å². The van der Waals surface area contributed by atoms with Crippen LogP contribution in [0.1, 0.15) is 15.9 Å². The van der Waals surface area contributed by atoms with E-state index in [1.54, 1.807) is 34.9 Å². The van der Waals surface area contributed by atoms with Gasteiger partial charge in [0.25, 0.3) is 0 Å². The van der Waals surface area contributed by atoms with Crippen LogP contribution in [-0.2, 0) is 6.54 Å². The Morgan fingerprint density at radius 1 is 1.04 bits per heavy atom. The third-order valence-electron chi connectivity index (χ3n) is 4.48. The Balaban J connectivity index is 2.07. The average molecular weight is 371 g/mol. The molecule has 130 valence electrons. The highest BCUT2D eigenvalue weighted by atomic mass is 35.5. The van der Waals surface area contributed by atoms with Crippen LogP contribution in [0.2, 0.25) is 5.02 Å². The summed E-state index contributed by atoms with van der Waals surface area (Å²) in [5, 5.41) is 1.95. The number of carbonyl (C=O) groups is 1. The summed E-state index contributed by atoms with van der Waals surface area (Å²) in [6.07, 6.45) is 0. The van der Waals surface area contributed by atoms with Gasteiger partial charge < -0.3 is 10.3 Å². The van der Waals surface area contributed by atoms with Gasteiger partial charge in [-0.05, 0) is 30.3 Å². The van der Waals surface area contributed by atoms with Gasteiger partial charge in [-0.1, -0.05) is 35.9 Å². The lowest BCUT2D eigenvalue weighted by Gasteiger charge is -2.09. The van der Waals surface area contributed by atoms with Crippen LogP contribution in [0.4, 0.5) is 8.78 Å². The van der Waals surface area contributed by atoms with Crippen LogP contribution in [-0.4, -0.2) is 10.5 Å². The molecule has 0 aliphatic rings. The molecule has 0 radical (unpaired) electrons. The lowest BCUT2D eigenvalue weighted by molar-refractivity contribution is 0.100. The summed E-state index contributed by atoms with van der Waals surface area (Å²) in [4.78, 5) is 11.9. The molecule has 3 aromatic carbocycles. The summed E-state index contributed by atoms with van der Waals surface area (Å²) in [5.74, 6) is -2.35. The Kier molecular flexibility index (Phi) is 3.89. The summed E-state index contributed by atoms with van der Waals surface area (Å²) in [6.45, 7) is 0.0894. The molecule has 0 saturated carbocycles. The van der Waals surface area contributed by atoms with Crippen LogP contribution in [0.5, 0.6) is 0 Å². The van der Waals surface area contributed by atoms with Gasteiger partial charge in [0.05, 0.1) is 17.6 Å². The summed E-state index contributed by atoms with van der Waals surface area (Å²) < 4.78 is 29.6. The molecule has 0 saturated heterocycles. The van der Waals surface area contributed by atoms with Crippen molar-refractivity contribution in [3.8, 4) is 0 Å². The molecule has 6 heteroatoms. The van der Waals surface area contributed by atoms with E-state index in [1.807, 2.05) is 6.07 Å². The topological polar surface area (TPSA) is 48.0 Å². The molecule has 3 nitrogen and oxygen atoms in total. The monoisotopic (exact) mass is 370 g/mol. The number of rotatable bonds is 3. The van der Waals surface area contributed by atoms with Gasteiger partial charge in [-0.3, -0.25) is 4.79 Å². The first-order valence-electron chi connectivity index (χ1n) is 7.90. The van der Waals surface area contributed by atoms with Crippen molar-refractivity contribution in [3.05, 3.63) is 82.4 Å². The molecule has 1 amide bonds. The molecular weight excluding hydrogens is 358 g/mol. The average Bonchev–Trinajstić information content (AvgIpc) is 2.92. The van der Waals surface area contributed by atoms with Crippen LogP contribution < -0.4 is 5.73 Å². The van der Waals surface area contributed by atoms with Crippen molar-refractivity contribution in [2.24, 2.45) is 5.73 Å². The number of primary amides is 1. The minimum atomic E-state index is -0.904. The van der Waals surface area contributed by atoms with Crippen LogP contribution >= 0.6 is 11.6 Å². The highest BCUT2D eigenvalue weighted by molar-refractivity contribution is 6.32. The Morgan fingerprint density at radius 3 is 2.58 bits per heavy atom. The number of amides is 1. The largest absolute Gasteiger partial charge is 0.366 e. The van der Waals surface area contributed by atoms with Crippen LogP contribution in [0.25, 0.3) is 21.8 Å². The first-order chi connectivity index (χ1) is 12.5. The summed E-state index contributed by atoms with van der Waals surface area (Å²) in [5.41, 5.74) is 7.50. The summed E-state index contributed by atoms with van der Waals surface area (Å²) in [6, 6.07) is 14.5. The molecule has 1 heterocycles. The lowest BCUT2D eigenvalue weighted by Crippen LogP contribution is -2.11. The van der Waals surface area contributed by atoms with E-state index >= 15 is 0 Å². The van der Waals surface area contributed by atoms with Crippen molar-refractivity contribution >= 4 is 39.3 Å². The van der Waals surface area contributed by atoms with Crippen molar-refractivity contribution < 1.29 is 13.6 Å². The molecule has 0 aliphatic heterocycles. The molecule has 4 rings (SSSR count). The van der Waals surface area contributed by atoms with Crippen LogP contribution in [0.3, 0.4) is 0 Å². The molecule has 0 spiro atoms. The van der Waals surface area contributed by atoms with Gasteiger partial charge in [-0.25, -0.2) is 8.78 Å². The van der Waals surface area contributed by atoms with Gasteiger partial charge in [0.15, 0.2) is 11.6 Å². The summed E-state index contributed by atoms with van der Waals surface area (Å²) >= 11 is 6.14. The van der Waals surface area contributed by atoms with E-state index in [0.29, 0.717) is 27.0 Å². The molecule has 26 heavy (non-hydrogen) atoms. The third-order valence-corrected chi connectivity index (χ3v) is 4.71. The lowest BCUT2D eigenvalue weighted by atomic mass is 10.1. The quantitative estimate of drug-likeness (QED) is 0.549. The van der Waals surface area contributed by atoms with E-state index in [0.717, 1.165) is 11.5 Å². The van der Waals surface area contributed by atoms with Crippen molar-refractivity contribution in [1.82, 2.24) is 4.57 Å². The highest BCUT2D eigenvalue weighted by Gasteiger charge is 2.18. The minimum absolute atomic E-state index is 0.0894. The fourth-order valence-corrected chi connectivity index (χ4v) is 3.50. The standard InChI is InChI=1S/C20H13ClF2N2O/c21-12-7-8-13-17(9-12)25(10-11-3-1-5-15(22)19(11)23)16-6-2-4-14(18(13)16)20(24)26/h1-9H,10H2,(H2,24,26). The predicted molar refractivity (Wildman–Crippen MR) is 98.4 cm³/mol. The SMILES string of the molecule is NC(=O)c1cccc2c1c1ccc(Cl)cc1n2Cc1cccc(F)c1F. The number of benzene rings is 3. The van der Waals surface area contributed by atoms with Gasteiger partial charge in [-0.15, -0.1) is 0 Å². The Bertz CT molecular complexity index is 1180. The number of fused-ring (bicyclic) bond motifs is 3. The van der Waals surface area contributed by atoms with Gasteiger partial charge in [0, 0.05) is 26.9 Å². The number of nitrogens with two attached hydrogens (primary N) is 1. The van der Waals surface area contributed by atoms with Gasteiger partial charge >= 0.3 is 0 Å². The van der Waals surface area contributed by atoms with Gasteiger partial charge in [0.2, 0.25) is 5.91 Å². The van der Waals surface area contributed by atoms with E-state index in [-0.39, 0.29) is 12.1 Å². The van der Waals surface area contributed by atoms with Gasteiger partial charge in [-0.2, -0.15) is 0 Å². The smallest absolute Gasteiger partial charge is 0.249 e.